The third-order valence-corrected chi connectivity index (χ3v) is 6.42. The molecule has 8 heteroatoms. The fraction of sp³-hybridized carbons (Fsp3) is 0.632. The molecule has 0 aromatic carbocycles. The van der Waals surface area contributed by atoms with Gasteiger partial charge in [-0.3, -0.25) is 19.3 Å². The number of H-pyrrole nitrogens is 1. The summed E-state index contributed by atoms with van der Waals surface area (Å²) in [4.78, 5) is 17.7. The van der Waals surface area contributed by atoms with Crippen LogP contribution in [0.1, 0.15) is 75.9 Å². The number of aliphatic imine (C=N–C) groups is 1. The highest BCUT2D eigenvalue weighted by Gasteiger charge is 2.36. The molecule has 146 valence electrons. The number of rotatable bonds is 3. The molecule has 1 fully saturated rings. The molecule has 1 saturated heterocycles. The van der Waals surface area contributed by atoms with Crippen molar-refractivity contribution in [2.45, 2.75) is 70.4 Å². The van der Waals surface area contributed by atoms with Crippen LogP contribution in [0.5, 0.6) is 0 Å². The minimum atomic E-state index is -0.197. The molecule has 2 unspecified atom stereocenters. The van der Waals surface area contributed by atoms with Crippen LogP contribution in [-0.4, -0.2) is 36.8 Å². The molecular formula is C19H27N5O2S. The van der Waals surface area contributed by atoms with Gasteiger partial charge in [-0.05, 0) is 47.5 Å². The highest BCUT2D eigenvalue weighted by atomic mass is 32.2. The van der Waals surface area contributed by atoms with Crippen molar-refractivity contribution in [3.05, 3.63) is 33.9 Å². The Morgan fingerprint density at radius 2 is 2.19 bits per heavy atom. The minimum Gasteiger partial charge on any atom is -0.375 e. The molecule has 0 radical (unpaired) electrons. The van der Waals surface area contributed by atoms with E-state index >= 15 is 0 Å². The zero-order valence-corrected chi connectivity index (χ0v) is 17.3. The molecule has 7 nitrogen and oxygen atoms in total. The highest BCUT2D eigenvalue weighted by Crippen LogP contribution is 2.45. The van der Waals surface area contributed by atoms with Crippen LogP contribution in [0.15, 0.2) is 22.2 Å². The molecule has 1 N–H and O–H groups in total. The van der Waals surface area contributed by atoms with Gasteiger partial charge in [-0.25, -0.2) is 4.99 Å². The van der Waals surface area contributed by atoms with Crippen molar-refractivity contribution < 1.29 is 4.74 Å². The summed E-state index contributed by atoms with van der Waals surface area (Å²) in [6.45, 7) is 11.1. The average Bonchev–Trinajstić information content (AvgIpc) is 3.19. The number of thioether (sulfide) groups is 1. The molecule has 2 aromatic heterocycles. The van der Waals surface area contributed by atoms with E-state index in [1.807, 2.05) is 28.7 Å². The van der Waals surface area contributed by atoms with Gasteiger partial charge < -0.3 is 4.74 Å². The van der Waals surface area contributed by atoms with Gasteiger partial charge in [-0.1, -0.05) is 11.8 Å². The van der Waals surface area contributed by atoms with Crippen molar-refractivity contribution in [1.29, 1.82) is 0 Å². The molecule has 0 spiro atoms. The van der Waals surface area contributed by atoms with Crippen molar-refractivity contribution in [1.82, 2.24) is 19.6 Å². The Morgan fingerprint density at radius 1 is 1.41 bits per heavy atom. The second-order valence-electron chi connectivity index (χ2n) is 8.28. The van der Waals surface area contributed by atoms with Crippen LogP contribution in [0.4, 0.5) is 5.82 Å². The molecule has 2 aliphatic rings. The molecule has 0 amide bonds. The Hall–Kier alpha value is -1.80. The Bertz CT molecular complexity index is 936. The number of aromatic nitrogens is 4. The van der Waals surface area contributed by atoms with Crippen LogP contribution in [0.2, 0.25) is 0 Å². The molecule has 2 atom stereocenters. The van der Waals surface area contributed by atoms with E-state index in [2.05, 4.69) is 37.9 Å². The third kappa shape index (κ3) is 3.40. The molecular weight excluding hydrogens is 362 g/mol. The quantitative estimate of drug-likeness (QED) is 0.862. The van der Waals surface area contributed by atoms with E-state index in [4.69, 9.17) is 9.73 Å². The van der Waals surface area contributed by atoms with Gasteiger partial charge in [0.15, 0.2) is 5.82 Å². The first kappa shape index (κ1) is 18.6. The van der Waals surface area contributed by atoms with Crippen molar-refractivity contribution >= 4 is 22.6 Å². The van der Waals surface area contributed by atoms with Crippen LogP contribution in [-0.2, 0) is 4.74 Å². The normalized spacial score (nSPS) is 24.7. The summed E-state index contributed by atoms with van der Waals surface area (Å²) in [7, 11) is 0. The lowest BCUT2D eigenvalue weighted by molar-refractivity contribution is -0.0705. The maximum atomic E-state index is 12.9. The maximum absolute atomic E-state index is 12.9. The molecule has 27 heavy (non-hydrogen) atoms. The predicted molar refractivity (Wildman–Crippen MR) is 108 cm³/mol. The van der Waals surface area contributed by atoms with E-state index in [9.17, 15) is 4.79 Å². The van der Waals surface area contributed by atoms with Crippen molar-refractivity contribution in [2.24, 2.45) is 4.99 Å². The van der Waals surface area contributed by atoms with E-state index in [-0.39, 0.29) is 28.5 Å². The minimum absolute atomic E-state index is 0.0552. The summed E-state index contributed by atoms with van der Waals surface area (Å²) in [5.41, 5.74) is 1.52. The van der Waals surface area contributed by atoms with Gasteiger partial charge >= 0.3 is 0 Å². The summed E-state index contributed by atoms with van der Waals surface area (Å²) in [6, 6.07) is 0.470. The topological polar surface area (TPSA) is 77.2 Å². The summed E-state index contributed by atoms with van der Waals surface area (Å²) >= 11 is 1.62. The number of aromatic amines is 1. The van der Waals surface area contributed by atoms with Gasteiger partial charge in [0, 0.05) is 24.4 Å². The summed E-state index contributed by atoms with van der Waals surface area (Å²) in [6.07, 6.45) is 5.63. The first-order valence-electron chi connectivity index (χ1n) is 9.49. The van der Waals surface area contributed by atoms with Crippen LogP contribution in [0, 0.1) is 0 Å². The van der Waals surface area contributed by atoms with E-state index in [0.29, 0.717) is 6.61 Å². The summed E-state index contributed by atoms with van der Waals surface area (Å²) < 4.78 is 9.76. The molecule has 0 aliphatic carbocycles. The van der Waals surface area contributed by atoms with Crippen LogP contribution in [0.25, 0.3) is 0 Å². The van der Waals surface area contributed by atoms with Gasteiger partial charge in [-0.2, -0.15) is 5.10 Å². The zero-order chi connectivity index (χ0) is 19.3. The molecule has 0 saturated carbocycles. The SMILES string of the molecule is CC1=Nc2c(c(=O)[nH]n2C2CCOC(C)(C)C2)C(c2cnn(C(C)C)c2)S1. The van der Waals surface area contributed by atoms with Crippen molar-refractivity contribution in [3.63, 3.8) is 0 Å². The number of ether oxygens (including phenoxy) is 1. The van der Waals surface area contributed by atoms with Gasteiger partial charge in [-0.15, -0.1) is 0 Å². The predicted octanol–water partition coefficient (Wildman–Crippen LogP) is 3.97. The fourth-order valence-electron chi connectivity index (χ4n) is 3.90. The summed E-state index contributed by atoms with van der Waals surface area (Å²) in [5.74, 6) is 0.765. The number of fused-ring (bicyclic) bond motifs is 1. The Balaban J connectivity index is 1.77. The Labute approximate surface area is 163 Å². The van der Waals surface area contributed by atoms with Gasteiger partial charge in [0.05, 0.1) is 33.7 Å². The molecule has 2 aliphatic heterocycles. The molecule has 0 bridgehead atoms. The number of nitrogens with one attached hydrogen (secondary N) is 1. The largest absolute Gasteiger partial charge is 0.375 e. The van der Waals surface area contributed by atoms with Crippen LogP contribution < -0.4 is 5.56 Å². The highest BCUT2D eigenvalue weighted by molar-refractivity contribution is 8.14. The monoisotopic (exact) mass is 389 g/mol. The zero-order valence-electron chi connectivity index (χ0n) is 16.5. The van der Waals surface area contributed by atoms with Crippen LogP contribution >= 0.6 is 11.8 Å². The lowest BCUT2D eigenvalue weighted by Crippen LogP contribution is -2.35. The van der Waals surface area contributed by atoms with Gasteiger partial charge in [0.25, 0.3) is 5.56 Å². The number of hydrogen-bond donors (Lipinski definition) is 1. The molecule has 2 aromatic rings. The van der Waals surface area contributed by atoms with E-state index in [1.165, 1.54) is 0 Å². The smallest absolute Gasteiger partial charge is 0.271 e. The second kappa shape index (κ2) is 6.67. The second-order valence-corrected chi connectivity index (χ2v) is 9.58. The van der Waals surface area contributed by atoms with E-state index in [1.54, 1.807) is 11.8 Å². The number of nitrogens with zero attached hydrogens (tertiary/aromatic N) is 4. The first-order valence-corrected chi connectivity index (χ1v) is 10.4. The fourth-order valence-corrected chi connectivity index (χ4v) is 4.97. The van der Waals surface area contributed by atoms with Crippen molar-refractivity contribution in [3.8, 4) is 0 Å². The van der Waals surface area contributed by atoms with Crippen molar-refractivity contribution in [2.75, 3.05) is 6.61 Å². The first-order chi connectivity index (χ1) is 12.7. The lowest BCUT2D eigenvalue weighted by atomic mass is 9.94. The number of hydrogen-bond acceptors (Lipinski definition) is 5. The third-order valence-electron chi connectivity index (χ3n) is 5.24. The van der Waals surface area contributed by atoms with E-state index in [0.717, 1.165) is 34.8 Å². The van der Waals surface area contributed by atoms with Gasteiger partial charge in [0.2, 0.25) is 0 Å². The summed E-state index contributed by atoms with van der Waals surface area (Å²) in [5, 5.41) is 8.41. The Kier molecular flexibility index (Phi) is 4.58. The van der Waals surface area contributed by atoms with Crippen LogP contribution in [0.3, 0.4) is 0 Å². The average molecular weight is 390 g/mol. The standard InChI is InChI=1S/C19H27N5O2S/c1-11(2)23-10-13(9-20-23)16-15-17(21-12(3)27-16)24(22-18(15)25)14-6-7-26-19(4,5)8-14/h9-11,14,16H,6-8H2,1-5H3,(H,22,25). The van der Waals surface area contributed by atoms with Gasteiger partial charge in [0.1, 0.15) is 0 Å². The van der Waals surface area contributed by atoms with E-state index < -0.39 is 0 Å². The Morgan fingerprint density at radius 3 is 2.85 bits per heavy atom. The molecule has 4 heterocycles. The maximum Gasteiger partial charge on any atom is 0.271 e. The lowest BCUT2D eigenvalue weighted by Gasteiger charge is -2.36. The molecule has 4 rings (SSSR count).